The molecule has 0 atom stereocenters. The number of carbonyl (C=O) groups is 2. The Morgan fingerprint density at radius 3 is 2.28 bits per heavy atom. The zero-order valence-corrected chi connectivity index (χ0v) is 9.54. The van der Waals surface area contributed by atoms with E-state index in [2.05, 4.69) is 9.47 Å². The predicted molar refractivity (Wildman–Crippen MR) is 57.7 cm³/mol. The third-order valence-corrected chi connectivity index (χ3v) is 1.88. The number of nitrogen functional groups attached to an aromatic ring is 1. The lowest BCUT2D eigenvalue weighted by atomic mass is 10.3. The van der Waals surface area contributed by atoms with Gasteiger partial charge in [-0.3, -0.25) is 9.59 Å². The van der Waals surface area contributed by atoms with Gasteiger partial charge in [0.15, 0.2) is 11.6 Å². The van der Waals surface area contributed by atoms with Gasteiger partial charge in [-0.25, -0.2) is 8.78 Å². The molecule has 0 aliphatic heterocycles. The third kappa shape index (κ3) is 3.69. The molecule has 98 valence electrons. The Kier molecular flexibility index (Phi) is 4.59. The lowest BCUT2D eigenvalue weighted by Gasteiger charge is -2.06. The summed E-state index contributed by atoms with van der Waals surface area (Å²) < 4.78 is 35.1. The van der Waals surface area contributed by atoms with E-state index in [9.17, 15) is 18.4 Å². The largest absolute Gasteiger partial charge is 0.466 e. The fourth-order valence-electron chi connectivity index (χ4n) is 1.12. The van der Waals surface area contributed by atoms with Gasteiger partial charge in [0.1, 0.15) is 17.9 Å². The Balaban J connectivity index is 2.68. The first-order valence-electron chi connectivity index (χ1n) is 5.04. The zero-order chi connectivity index (χ0) is 13.7. The van der Waals surface area contributed by atoms with E-state index in [4.69, 9.17) is 5.73 Å². The van der Waals surface area contributed by atoms with Gasteiger partial charge in [0, 0.05) is 12.1 Å². The first-order valence-corrected chi connectivity index (χ1v) is 5.04. The van der Waals surface area contributed by atoms with Crippen LogP contribution in [0.25, 0.3) is 0 Å². The van der Waals surface area contributed by atoms with Crippen molar-refractivity contribution in [1.82, 2.24) is 0 Å². The summed E-state index contributed by atoms with van der Waals surface area (Å²) in [6, 6.07) is 1.50. The van der Waals surface area contributed by atoms with Crippen molar-refractivity contribution in [3.8, 4) is 5.75 Å². The van der Waals surface area contributed by atoms with Crippen LogP contribution in [0.3, 0.4) is 0 Å². The number of halogens is 2. The van der Waals surface area contributed by atoms with Crippen LogP contribution in [0, 0.1) is 11.6 Å². The molecule has 0 spiro atoms. The smallest absolute Gasteiger partial charge is 0.322 e. The van der Waals surface area contributed by atoms with Gasteiger partial charge < -0.3 is 15.2 Å². The van der Waals surface area contributed by atoms with E-state index in [0.29, 0.717) is 0 Å². The summed E-state index contributed by atoms with van der Waals surface area (Å²) in [7, 11) is 0. The Morgan fingerprint density at radius 2 is 1.78 bits per heavy atom. The number of ether oxygens (including phenoxy) is 2. The Hall–Kier alpha value is -2.18. The minimum absolute atomic E-state index is 0.122. The van der Waals surface area contributed by atoms with Gasteiger partial charge in [-0.1, -0.05) is 0 Å². The molecule has 0 aromatic heterocycles. The van der Waals surface area contributed by atoms with Gasteiger partial charge >= 0.3 is 11.9 Å². The monoisotopic (exact) mass is 259 g/mol. The van der Waals surface area contributed by atoms with Crippen LogP contribution in [0.1, 0.15) is 13.3 Å². The molecule has 0 bridgehead atoms. The van der Waals surface area contributed by atoms with Gasteiger partial charge in [-0.15, -0.1) is 0 Å². The number of hydrogen-bond acceptors (Lipinski definition) is 5. The van der Waals surface area contributed by atoms with Crippen molar-refractivity contribution in [3.63, 3.8) is 0 Å². The molecule has 1 aromatic rings. The molecular formula is C11H11F2NO4. The molecule has 0 radical (unpaired) electrons. The summed E-state index contributed by atoms with van der Waals surface area (Å²) >= 11 is 0. The maximum absolute atomic E-state index is 13.0. The van der Waals surface area contributed by atoms with E-state index in [1.54, 1.807) is 6.92 Å². The lowest BCUT2D eigenvalue weighted by molar-refractivity contribution is -0.149. The Labute approximate surface area is 101 Å². The first kappa shape index (κ1) is 13.9. The SMILES string of the molecule is CCOC(=O)CC(=O)Oc1cc(F)c(N)c(F)c1. The second-order valence-electron chi connectivity index (χ2n) is 3.26. The van der Waals surface area contributed by atoms with Crippen molar-refractivity contribution in [2.75, 3.05) is 12.3 Å². The van der Waals surface area contributed by atoms with Gasteiger partial charge in [0.05, 0.1) is 6.61 Å². The zero-order valence-electron chi connectivity index (χ0n) is 9.54. The van der Waals surface area contributed by atoms with Crippen LogP contribution < -0.4 is 10.5 Å². The topological polar surface area (TPSA) is 78.6 Å². The first-order chi connectivity index (χ1) is 8.43. The van der Waals surface area contributed by atoms with Gasteiger partial charge in [-0.2, -0.15) is 0 Å². The summed E-state index contributed by atoms with van der Waals surface area (Å²) in [4.78, 5) is 22.1. The fourth-order valence-corrected chi connectivity index (χ4v) is 1.12. The van der Waals surface area contributed by atoms with Crippen LogP contribution in [0.5, 0.6) is 5.75 Å². The minimum atomic E-state index is -1.05. The minimum Gasteiger partial charge on any atom is -0.466 e. The molecular weight excluding hydrogens is 248 g/mol. The van der Waals surface area contributed by atoms with Crippen molar-refractivity contribution in [2.45, 2.75) is 13.3 Å². The molecule has 7 heteroatoms. The summed E-state index contributed by atoms with van der Waals surface area (Å²) in [5.41, 5.74) is 4.37. The molecule has 1 aromatic carbocycles. The van der Waals surface area contributed by atoms with E-state index in [0.717, 1.165) is 12.1 Å². The van der Waals surface area contributed by atoms with Crippen molar-refractivity contribution in [3.05, 3.63) is 23.8 Å². The van der Waals surface area contributed by atoms with Crippen LogP contribution in [0.4, 0.5) is 14.5 Å². The van der Waals surface area contributed by atoms with Crippen molar-refractivity contribution in [2.24, 2.45) is 0 Å². The quantitative estimate of drug-likeness (QED) is 0.383. The molecule has 1 rings (SSSR count). The summed E-state index contributed by atoms with van der Waals surface area (Å²) in [5.74, 6) is -4.22. The van der Waals surface area contributed by atoms with E-state index >= 15 is 0 Å². The maximum Gasteiger partial charge on any atom is 0.322 e. The average Bonchev–Trinajstić information content (AvgIpc) is 2.25. The normalized spacial score (nSPS) is 9.94. The molecule has 0 aliphatic carbocycles. The second-order valence-corrected chi connectivity index (χ2v) is 3.26. The van der Waals surface area contributed by atoms with Crippen LogP contribution in [-0.2, 0) is 14.3 Å². The standard InChI is InChI=1S/C11H11F2NO4/c1-2-17-9(15)5-10(16)18-6-3-7(12)11(14)8(13)4-6/h3-4H,2,5,14H2,1H3. The summed E-state index contributed by atoms with van der Waals surface area (Å²) in [6.07, 6.45) is -0.637. The van der Waals surface area contributed by atoms with E-state index < -0.39 is 35.7 Å². The highest BCUT2D eigenvalue weighted by Gasteiger charge is 2.15. The van der Waals surface area contributed by atoms with Crippen molar-refractivity contribution in [1.29, 1.82) is 0 Å². The van der Waals surface area contributed by atoms with Crippen LogP contribution in [-0.4, -0.2) is 18.5 Å². The molecule has 0 heterocycles. The fraction of sp³-hybridized carbons (Fsp3) is 0.273. The molecule has 0 saturated heterocycles. The molecule has 5 nitrogen and oxygen atoms in total. The molecule has 0 amide bonds. The Bertz CT molecular complexity index is 453. The summed E-state index contributed by atoms with van der Waals surface area (Å²) in [5, 5.41) is 0. The Morgan fingerprint density at radius 1 is 1.22 bits per heavy atom. The van der Waals surface area contributed by atoms with Crippen molar-refractivity contribution < 1.29 is 27.8 Å². The van der Waals surface area contributed by atoms with E-state index in [1.165, 1.54) is 0 Å². The molecule has 18 heavy (non-hydrogen) atoms. The highest BCUT2D eigenvalue weighted by Crippen LogP contribution is 2.22. The number of carbonyl (C=O) groups excluding carboxylic acids is 2. The van der Waals surface area contributed by atoms with Crippen LogP contribution in [0.2, 0.25) is 0 Å². The number of nitrogens with two attached hydrogens (primary N) is 1. The number of anilines is 1. The number of benzene rings is 1. The molecule has 0 unspecified atom stereocenters. The third-order valence-electron chi connectivity index (χ3n) is 1.88. The predicted octanol–water partition coefficient (Wildman–Crippen LogP) is 1.41. The number of hydrogen-bond donors (Lipinski definition) is 1. The van der Waals surface area contributed by atoms with E-state index in [-0.39, 0.29) is 12.4 Å². The maximum atomic E-state index is 13.0. The molecule has 0 fully saturated rings. The number of rotatable bonds is 4. The summed E-state index contributed by atoms with van der Waals surface area (Å²) in [6.45, 7) is 1.70. The lowest BCUT2D eigenvalue weighted by Crippen LogP contribution is -2.16. The molecule has 0 aliphatic rings. The van der Waals surface area contributed by atoms with Gasteiger partial charge in [0.25, 0.3) is 0 Å². The van der Waals surface area contributed by atoms with E-state index in [1.807, 2.05) is 0 Å². The van der Waals surface area contributed by atoms with Gasteiger partial charge in [0.2, 0.25) is 0 Å². The van der Waals surface area contributed by atoms with Crippen LogP contribution in [0.15, 0.2) is 12.1 Å². The number of esters is 2. The van der Waals surface area contributed by atoms with Gasteiger partial charge in [-0.05, 0) is 6.92 Å². The second kappa shape index (κ2) is 5.95. The molecule has 2 N–H and O–H groups in total. The van der Waals surface area contributed by atoms with Crippen molar-refractivity contribution >= 4 is 17.6 Å². The van der Waals surface area contributed by atoms with Crippen LogP contribution >= 0.6 is 0 Å². The highest BCUT2D eigenvalue weighted by atomic mass is 19.1. The molecule has 0 saturated carbocycles. The average molecular weight is 259 g/mol. The highest BCUT2D eigenvalue weighted by molar-refractivity contribution is 5.92.